The fraction of sp³-hybridized carbons (Fsp3) is 0.857. The summed E-state index contributed by atoms with van der Waals surface area (Å²) in [6, 6.07) is -0.541. The molecule has 0 aromatic carbocycles. The van der Waals surface area contributed by atoms with Crippen LogP contribution in [0.2, 0.25) is 0 Å². The first kappa shape index (κ1) is 14.7. The largest absolute Gasteiger partial charge is 0.342 e. The van der Waals surface area contributed by atoms with Crippen molar-refractivity contribution in [2.45, 2.75) is 45.2 Å². The van der Waals surface area contributed by atoms with Gasteiger partial charge in [-0.05, 0) is 43.1 Å². The predicted octanol–water partition coefficient (Wildman–Crippen LogP) is 1.50. The molecule has 0 radical (unpaired) electrons. The second-order valence-corrected chi connectivity index (χ2v) is 6.88. The highest BCUT2D eigenvalue weighted by atomic mass is 32.2. The Hall–Kier alpha value is -0.710. The summed E-state index contributed by atoms with van der Waals surface area (Å²) < 4.78 is 0. The number of carbonyl (C=O) groups is 2. The van der Waals surface area contributed by atoms with Crippen LogP contribution in [0.5, 0.6) is 0 Å². The number of amides is 2. The first-order valence-corrected chi connectivity index (χ1v) is 8.55. The average Bonchev–Trinajstić information content (AvgIpc) is 3.17. The molecule has 2 rings (SSSR count). The number of rotatable bonds is 6. The summed E-state index contributed by atoms with van der Waals surface area (Å²) >= 11 is 1.79. The number of carbonyl (C=O) groups excluding carboxylic acids is 2. The lowest BCUT2D eigenvalue weighted by Crippen LogP contribution is -2.65. The van der Waals surface area contributed by atoms with Gasteiger partial charge in [0.05, 0.1) is 0 Å². The lowest BCUT2D eigenvalue weighted by atomic mass is 9.96. The molecule has 1 saturated carbocycles. The summed E-state index contributed by atoms with van der Waals surface area (Å²) in [5.41, 5.74) is 0. The molecular formula is C14H24N2O2S. The van der Waals surface area contributed by atoms with Gasteiger partial charge in [-0.1, -0.05) is 13.8 Å². The highest BCUT2D eigenvalue weighted by molar-refractivity contribution is 7.98. The standard InChI is InChI=1S/C14H24N2O2S/c1-9(2)11-14(18)16(7-4-8-19-3)12(10-5-6-10)13(17)15-11/h9-12H,4-8H2,1-3H3,(H,15,17). The van der Waals surface area contributed by atoms with Gasteiger partial charge in [-0.15, -0.1) is 0 Å². The Morgan fingerprint density at radius 2 is 2.05 bits per heavy atom. The molecule has 1 aliphatic heterocycles. The van der Waals surface area contributed by atoms with E-state index in [2.05, 4.69) is 11.6 Å². The van der Waals surface area contributed by atoms with Gasteiger partial charge >= 0.3 is 0 Å². The number of nitrogens with one attached hydrogen (secondary N) is 1. The van der Waals surface area contributed by atoms with E-state index in [-0.39, 0.29) is 29.8 Å². The van der Waals surface area contributed by atoms with E-state index in [0.717, 1.165) is 31.6 Å². The summed E-state index contributed by atoms with van der Waals surface area (Å²) in [6.45, 7) is 4.69. The van der Waals surface area contributed by atoms with Gasteiger partial charge in [-0.3, -0.25) is 9.59 Å². The third-order valence-corrected chi connectivity index (χ3v) is 4.63. The Morgan fingerprint density at radius 1 is 1.37 bits per heavy atom. The molecule has 19 heavy (non-hydrogen) atoms. The van der Waals surface area contributed by atoms with Gasteiger partial charge < -0.3 is 10.2 Å². The summed E-state index contributed by atoms with van der Waals surface area (Å²) in [4.78, 5) is 26.7. The van der Waals surface area contributed by atoms with Crippen LogP contribution in [0.15, 0.2) is 0 Å². The van der Waals surface area contributed by atoms with Crippen LogP contribution in [0.3, 0.4) is 0 Å². The summed E-state index contributed by atoms with van der Waals surface area (Å²) in [5.74, 6) is 1.76. The van der Waals surface area contributed by atoms with Crippen LogP contribution >= 0.6 is 11.8 Å². The maximum atomic E-state index is 12.6. The summed E-state index contributed by atoms with van der Waals surface area (Å²) in [7, 11) is 0. The lowest BCUT2D eigenvalue weighted by molar-refractivity contribution is -0.151. The zero-order valence-corrected chi connectivity index (χ0v) is 12.8. The molecule has 2 unspecified atom stereocenters. The van der Waals surface area contributed by atoms with E-state index < -0.39 is 0 Å². The van der Waals surface area contributed by atoms with Crippen LogP contribution in [0.4, 0.5) is 0 Å². The Kier molecular flexibility index (Phi) is 4.76. The Labute approximate surface area is 119 Å². The van der Waals surface area contributed by atoms with Crippen molar-refractivity contribution < 1.29 is 9.59 Å². The van der Waals surface area contributed by atoms with Gasteiger partial charge in [0.2, 0.25) is 11.8 Å². The maximum Gasteiger partial charge on any atom is 0.246 e. The molecule has 1 N–H and O–H groups in total. The molecule has 0 bridgehead atoms. The number of nitrogens with zero attached hydrogens (tertiary/aromatic N) is 1. The van der Waals surface area contributed by atoms with Gasteiger partial charge in [0.25, 0.3) is 0 Å². The second kappa shape index (κ2) is 6.16. The van der Waals surface area contributed by atoms with Crippen molar-refractivity contribution >= 4 is 23.6 Å². The van der Waals surface area contributed by atoms with Crippen molar-refractivity contribution in [1.29, 1.82) is 0 Å². The van der Waals surface area contributed by atoms with Crippen molar-refractivity contribution in [3.05, 3.63) is 0 Å². The number of hydrogen-bond donors (Lipinski definition) is 1. The van der Waals surface area contributed by atoms with E-state index in [1.807, 2.05) is 18.7 Å². The van der Waals surface area contributed by atoms with Crippen molar-refractivity contribution in [2.75, 3.05) is 18.6 Å². The minimum Gasteiger partial charge on any atom is -0.342 e. The third kappa shape index (κ3) is 3.25. The number of thioether (sulfide) groups is 1. The van der Waals surface area contributed by atoms with E-state index in [1.165, 1.54) is 0 Å². The quantitative estimate of drug-likeness (QED) is 0.752. The molecule has 1 aliphatic carbocycles. The summed E-state index contributed by atoms with van der Waals surface area (Å²) in [6.07, 6.45) is 5.20. The van der Waals surface area contributed by atoms with Crippen LogP contribution in [-0.4, -0.2) is 47.4 Å². The third-order valence-electron chi connectivity index (χ3n) is 3.93. The molecule has 108 valence electrons. The van der Waals surface area contributed by atoms with Crippen LogP contribution in [0, 0.1) is 11.8 Å². The van der Waals surface area contributed by atoms with Gasteiger partial charge in [0.1, 0.15) is 12.1 Å². The highest BCUT2D eigenvalue weighted by Gasteiger charge is 2.48. The lowest BCUT2D eigenvalue weighted by Gasteiger charge is -2.40. The molecule has 1 heterocycles. The maximum absolute atomic E-state index is 12.6. The van der Waals surface area contributed by atoms with E-state index in [1.54, 1.807) is 11.8 Å². The highest BCUT2D eigenvalue weighted by Crippen LogP contribution is 2.37. The van der Waals surface area contributed by atoms with E-state index in [4.69, 9.17) is 0 Å². The molecule has 2 aliphatic rings. The minimum absolute atomic E-state index is 0.0601. The smallest absolute Gasteiger partial charge is 0.246 e. The van der Waals surface area contributed by atoms with Crippen molar-refractivity contribution in [3.63, 3.8) is 0 Å². The zero-order valence-electron chi connectivity index (χ0n) is 12.0. The van der Waals surface area contributed by atoms with Crippen molar-refractivity contribution in [3.8, 4) is 0 Å². The SMILES string of the molecule is CSCCCN1C(=O)C(C(C)C)NC(=O)C1C1CC1. The first-order valence-electron chi connectivity index (χ1n) is 7.16. The number of piperazine rings is 1. The molecule has 2 amide bonds. The molecule has 1 saturated heterocycles. The molecule has 2 fully saturated rings. The molecule has 5 heteroatoms. The normalized spacial score (nSPS) is 27.9. The zero-order chi connectivity index (χ0) is 14.0. The fourth-order valence-corrected chi connectivity index (χ4v) is 3.14. The Morgan fingerprint density at radius 3 is 2.58 bits per heavy atom. The van der Waals surface area contributed by atoms with Crippen LogP contribution < -0.4 is 5.32 Å². The first-order chi connectivity index (χ1) is 9.06. The number of hydrogen-bond acceptors (Lipinski definition) is 3. The second-order valence-electron chi connectivity index (χ2n) is 5.89. The molecule has 0 aromatic rings. The van der Waals surface area contributed by atoms with E-state index >= 15 is 0 Å². The van der Waals surface area contributed by atoms with Crippen LogP contribution in [-0.2, 0) is 9.59 Å². The Balaban J connectivity index is 2.09. The van der Waals surface area contributed by atoms with E-state index in [0.29, 0.717) is 5.92 Å². The van der Waals surface area contributed by atoms with Crippen molar-refractivity contribution in [2.24, 2.45) is 11.8 Å². The minimum atomic E-state index is -0.336. The molecule has 4 nitrogen and oxygen atoms in total. The Bertz CT molecular complexity index is 355. The van der Waals surface area contributed by atoms with Gasteiger partial charge in [0.15, 0.2) is 0 Å². The fourth-order valence-electron chi connectivity index (χ4n) is 2.72. The predicted molar refractivity (Wildman–Crippen MR) is 78.0 cm³/mol. The monoisotopic (exact) mass is 284 g/mol. The van der Waals surface area contributed by atoms with Gasteiger partial charge in [-0.25, -0.2) is 0 Å². The molecular weight excluding hydrogens is 260 g/mol. The van der Waals surface area contributed by atoms with Gasteiger partial charge in [0, 0.05) is 6.54 Å². The van der Waals surface area contributed by atoms with Crippen LogP contribution in [0.25, 0.3) is 0 Å². The van der Waals surface area contributed by atoms with Crippen LogP contribution in [0.1, 0.15) is 33.1 Å². The van der Waals surface area contributed by atoms with Crippen molar-refractivity contribution in [1.82, 2.24) is 10.2 Å². The molecule has 2 atom stereocenters. The summed E-state index contributed by atoms with van der Waals surface area (Å²) in [5, 5.41) is 2.92. The molecule has 0 aromatic heterocycles. The van der Waals surface area contributed by atoms with Gasteiger partial charge in [-0.2, -0.15) is 11.8 Å². The average molecular weight is 284 g/mol. The topological polar surface area (TPSA) is 49.4 Å². The van der Waals surface area contributed by atoms with E-state index in [9.17, 15) is 9.59 Å². The molecule has 0 spiro atoms.